The summed E-state index contributed by atoms with van der Waals surface area (Å²) >= 11 is 0.935. The molecule has 2 heterocycles. The molecule has 2 N–H and O–H groups in total. The van der Waals surface area contributed by atoms with Gasteiger partial charge in [-0.1, -0.05) is 53.8 Å². The Bertz CT molecular complexity index is 1260. The van der Waals surface area contributed by atoms with Gasteiger partial charge in [-0.15, -0.1) is 0 Å². The number of aliphatic hydroxyl groups excluding tert-OH is 1. The van der Waals surface area contributed by atoms with Crippen molar-refractivity contribution in [3.63, 3.8) is 0 Å². The van der Waals surface area contributed by atoms with Crippen molar-refractivity contribution in [3.05, 3.63) is 81.9 Å². The Hall–Kier alpha value is -3.98. The molecule has 1 amide bonds. The smallest absolute Gasteiger partial charge is 0.350 e. The molecule has 0 aliphatic carbocycles. The average Bonchev–Trinajstić information content (AvgIpc) is 3.32. The number of hydrogen-bond acceptors (Lipinski definition) is 8. The van der Waals surface area contributed by atoms with Crippen molar-refractivity contribution in [3.8, 4) is 5.75 Å². The molecule has 1 aliphatic heterocycles. The predicted octanol–water partition coefficient (Wildman–Crippen LogP) is 3.96. The SMILES string of the molecule is CCOC(=O)c1sc(N2C(=O)C(=O)C(=C(O)c3ccccc3)C2c2ccc(O)cc2)nc1C. The standard InChI is InChI=1S/C24H20N2O6S/c1-3-32-23(31)21-13(2)25-24(33-21)26-18(14-9-11-16(27)12-10-14)17(20(29)22(26)30)19(28)15-7-5-4-6-8-15/h4-12,18,27-28H,3H2,1-2H3. The van der Waals surface area contributed by atoms with E-state index in [1.807, 2.05) is 0 Å². The molecule has 0 bridgehead atoms. The van der Waals surface area contributed by atoms with Crippen molar-refractivity contribution in [1.29, 1.82) is 0 Å². The summed E-state index contributed by atoms with van der Waals surface area (Å²) in [5, 5.41) is 20.9. The van der Waals surface area contributed by atoms with Crippen LogP contribution in [-0.2, 0) is 14.3 Å². The molecule has 9 heteroatoms. The normalized spacial score (nSPS) is 17.4. The van der Waals surface area contributed by atoms with Crippen molar-refractivity contribution in [1.82, 2.24) is 4.98 Å². The Morgan fingerprint density at radius 1 is 1.12 bits per heavy atom. The fourth-order valence-corrected chi connectivity index (χ4v) is 4.61. The first kappa shape index (κ1) is 22.2. The molecule has 0 saturated carbocycles. The third kappa shape index (κ3) is 3.98. The Morgan fingerprint density at radius 3 is 2.42 bits per heavy atom. The highest BCUT2D eigenvalue weighted by Crippen LogP contribution is 2.44. The summed E-state index contributed by atoms with van der Waals surface area (Å²) in [6.07, 6.45) is 0. The second-order valence-electron chi connectivity index (χ2n) is 7.26. The number of hydrogen-bond donors (Lipinski definition) is 2. The Balaban J connectivity index is 1.90. The lowest BCUT2D eigenvalue weighted by Crippen LogP contribution is -2.29. The minimum atomic E-state index is -1.01. The van der Waals surface area contributed by atoms with Crippen LogP contribution in [0, 0.1) is 6.92 Å². The first-order chi connectivity index (χ1) is 15.8. The van der Waals surface area contributed by atoms with Crippen LogP contribution < -0.4 is 4.90 Å². The second-order valence-corrected chi connectivity index (χ2v) is 8.24. The third-order valence-electron chi connectivity index (χ3n) is 5.15. The number of esters is 1. The number of aromatic nitrogens is 1. The van der Waals surface area contributed by atoms with Crippen LogP contribution in [0.25, 0.3) is 5.76 Å². The van der Waals surface area contributed by atoms with E-state index in [1.165, 1.54) is 17.0 Å². The van der Waals surface area contributed by atoms with Gasteiger partial charge in [-0.25, -0.2) is 9.78 Å². The van der Waals surface area contributed by atoms with Crippen LogP contribution in [0.3, 0.4) is 0 Å². The zero-order chi connectivity index (χ0) is 23.7. The summed E-state index contributed by atoms with van der Waals surface area (Å²) in [6, 6.07) is 13.4. The number of carbonyl (C=O) groups is 3. The van der Waals surface area contributed by atoms with Gasteiger partial charge in [-0.3, -0.25) is 14.5 Å². The number of anilines is 1. The van der Waals surface area contributed by atoms with Crippen LogP contribution in [0.2, 0.25) is 0 Å². The number of aliphatic hydroxyl groups is 1. The van der Waals surface area contributed by atoms with Gasteiger partial charge in [0.2, 0.25) is 0 Å². The second kappa shape index (κ2) is 8.87. The number of Topliss-reactive ketones (excluding diaryl/α,β-unsaturated/α-hetero) is 1. The van der Waals surface area contributed by atoms with Gasteiger partial charge in [0.1, 0.15) is 16.4 Å². The lowest BCUT2D eigenvalue weighted by molar-refractivity contribution is -0.132. The van der Waals surface area contributed by atoms with E-state index in [0.29, 0.717) is 16.8 Å². The number of benzene rings is 2. The molecule has 1 aliphatic rings. The fraction of sp³-hybridized carbons (Fsp3) is 0.167. The molecular weight excluding hydrogens is 444 g/mol. The van der Waals surface area contributed by atoms with Crippen molar-refractivity contribution in [2.45, 2.75) is 19.9 Å². The van der Waals surface area contributed by atoms with Crippen molar-refractivity contribution in [2.24, 2.45) is 0 Å². The van der Waals surface area contributed by atoms with E-state index in [-0.39, 0.29) is 33.7 Å². The van der Waals surface area contributed by atoms with Crippen LogP contribution in [0.15, 0.2) is 60.2 Å². The maximum absolute atomic E-state index is 13.2. The molecule has 33 heavy (non-hydrogen) atoms. The average molecular weight is 464 g/mol. The molecule has 1 unspecified atom stereocenters. The lowest BCUT2D eigenvalue weighted by atomic mass is 9.95. The highest BCUT2D eigenvalue weighted by Gasteiger charge is 2.48. The molecule has 1 atom stereocenters. The van der Waals surface area contributed by atoms with Crippen LogP contribution in [0.1, 0.15) is 39.5 Å². The number of ether oxygens (including phenoxy) is 1. The molecule has 4 rings (SSSR count). The summed E-state index contributed by atoms with van der Waals surface area (Å²) in [6.45, 7) is 3.48. The molecular formula is C24H20N2O6S. The first-order valence-electron chi connectivity index (χ1n) is 10.1. The largest absolute Gasteiger partial charge is 0.508 e. The first-order valence-corrected chi connectivity index (χ1v) is 10.9. The number of phenolic OH excluding ortho intramolecular Hbond substituents is 1. The minimum Gasteiger partial charge on any atom is -0.508 e. The lowest BCUT2D eigenvalue weighted by Gasteiger charge is -2.23. The maximum Gasteiger partial charge on any atom is 0.350 e. The van der Waals surface area contributed by atoms with E-state index < -0.39 is 23.7 Å². The quantitative estimate of drug-likeness (QED) is 0.254. The summed E-state index contributed by atoms with van der Waals surface area (Å²) in [5.74, 6) is -2.64. The van der Waals surface area contributed by atoms with Crippen LogP contribution >= 0.6 is 11.3 Å². The van der Waals surface area contributed by atoms with Crippen LogP contribution in [0.5, 0.6) is 5.75 Å². The monoisotopic (exact) mass is 464 g/mol. The van der Waals surface area contributed by atoms with Crippen LogP contribution in [0.4, 0.5) is 5.13 Å². The number of phenols is 1. The van der Waals surface area contributed by atoms with E-state index >= 15 is 0 Å². The number of ketones is 1. The molecule has 3 aromatic rings. The van der Waals surface area contributed by atoms with E-state index in [4.69, 9.17) is 4.74 Å². The molecule has 168 valence electrons. The van der Waals surface area contributed by atoms with Crippen LogP contribution in [-0.4, -0.2) is 39.5 Å². The fourth-order valence-electron chi connectivity index (χ4n) is 3.62. The van der Waals surface area contributed by atoms with Gasteiger partial charge in [0.15, 0.2) is 5.13 Å². The summed E-state index contributed by atoms with van der Waals surface area (Å²) in [4.78, 5) is 44.3. The van der Waals surface area contributed by atoms with Gasteiger partial charge < -0.3 is 14.9 Å². The molecule has 0 spiro atoms. The highest BCUT2D eigenvalue weighted by molar-refractivity contribution is 7.17. The number of nitrogens with zero attached hydrogens (tertiary/aromatic N) is 2. The van der Waals surface area contributed by atoms with E-state index in [2.05, 4.69) is 4.98 Å². The highest BCUT2D eigenvalue weighted by atomic mass is 32.1. The zero-order valence-corrected chi connectivity index (χ0v) is 18.6. The molecule has 1 aromatic heterocycles. The van der Waals surface area contributed by atoms with E-state index in [1.54, 1.807) is 56.3 Å². The van der Waals surface area contributed by atoms with Crippen molar-refractivity contribution < 1.29 is 29.3 Å². The molecule has 0 radical (unpaired) electrons. The Labute approximate surface area is 193 Å². The van der Waals surface area contributed by atoms with E-state index in [0.717, 1.165) is 11.3 Å². The molecule has 8 nitrogen and oxygen atoms in total. The summed E-state index contributed by atoms with van der Waals surface area (Å²) < 4.78 is 5.06. The van der Waals surface area contributed by atoms with Gasteiger partial charge in [0, 0.05) is 5.56 Å². The van der Waals surface area contributed by atoms with Crippen molar-refractivity contribution >= 4 is 39.9 Å². The number of aryl methyl sites for hydroxylation is 1. The zero-order valence-electron chi connectivity index (χ0n) is 17.8. The van der Waals surface area contributed by atoms with Gasteiger partial charge >= 0.3 is 11.9 Å². The number of aromatic hydroxyl groups is 1. The maximum atomic E-state index is 13.2. The summed E-state index contributed by atoms with van der Waals surface area (Å²) in [5.41, 5.74) is 1.11. The topological polar surface area (TPSA) is 117 Å². The predicted molar refractivity (Wildman–Crippen MR) is 122 cm³/mol. The van der Waals surface area contributed by atoms with E-state index in [9.17, 15) is 24.6 Å². The molecule has 2 aromatic carbocycles. The van der Waals surface area contributed by atoms with Gasteiger partial charge in [-0.2, -0.15) is 0 Å². The van der Waals surface area contributed by atoms with Gasteiger partial charge in [0.05, 0.1) is 23.9 Å². The Morgan fingerprint density at radius 2 is 1.79 bits per heavy atom. The third-order valence-corrected chi connectivity index (χ3v) is 6.29. The van der Waals surface area contributed by atoms with Crippen molar-refractivity contribution in [2.75, 3.05) is 11.5 Å². The number of rotatable bonds is 5. The Kier molecular flexibility index (Phi) is 5.97. The molecule has 1 saturated heterocycles. The number of thiazole rings is 1. The minimum absolute atomic E-state index is 0.00783. The number of carbonyl (C=O) groups excluding carboxylic acids is 3. The molecule has 1 fully saturated rings. The number of amides is 1. The van der Waals surface area contributed by atoms with Gasteiger partial charge in [-0.05, 0) is 31.5 Å². The van der Waals surface area contributed by atoms with Gasteiger partial charge in [0.25, 0.3) is 5.78 Å². The summed E-state index contributed by atoms with van der Waals surface area (Å²) in [7, 11) is 0.